The van der Waals surface area contributed by atoms with Gasteiger partial charge in [0.05, 0.1) is 13.2 Å². The van der Waals surface area contributed by atoms with E-state index in [1.54, 1.807) is 22.8 Å². The van der Waals surface area contributed by atoms with Crippen LogP contribution >= 0.6 is 0 Å². The minimum Gasteiger partial charge on any atom is -0.468 e. The van der Waals surface area contributed by atoms with E-state index in [4.69, 9.17) is 4.74 Å². The van der Waals surface area contributed by atoms with E-state index < -0.39 is 17.9 Å². The number of aromatic nitrogens is 1. The molecule has 170 valence electrons. The maximum absolute atomic E-state index is 14.5. The summed E-state index contributed by atoms with van der Waals surface area (Å²) in [5, 5.41) is 10.3. The van der Waals surface area contributed by atoms with Gasteiger partial charge >= 0.3 is 5.97 Å². The fraction of sp³-hybridized carbons (Fsp3) is 0.308. The summed E-state index contributed by atoms with van der Waals surface area (Å²) in [5.74, 6) is -1.44. The van der Waals surface area contributed by atoms with Crippen LogP contribution in [-0.4, -0.2) is 40.3 Å². The van der Waals surface area contributed by atoms with Crippen molar-refractivity contribution in [3.63, 3.8) is 0 Å². The van der Waals surface area contributed by atoms with Crippen molar-refractivity contribution in [2.24, 2.45) is 11.8 Å². The van der Waals surface area contributed by atoms with Crippen LogP contribution in [0.15, 0.2) is 71.5 Å². The smallest absolute Gasteiger partial charge is 0.323 e. The first-order valence-electron chi connectivity index (χ1n) is 11.0. The molecule has 1 N–H and O–H groups in total. The number of carbonyl (C=O) groups is 1. The van der Waals surface area contributed by atoms with E-state index in [0.717, 1.165) is 11.3 Å². The highest BCUT2D eigenvalue weighted by atomic mass is 19.1. The van der Waals surface area contributed by atoms with Gasteiger partial charge in [0.1, 0.15) is 11.9 Å². The van der Waals surface area contributed by atoms with Gasteiger partial charge in [-0.15, -0.1) is 0 Å². The number of carbonyl (C=O) groups excluding carboxylic acids is 1. The highest BCUT2D eigenvalue weighted by Gasteiger charge is 2.56. The summed E-state index contributed by atoms with van der Waals surface area (Å²) >= 11 is 0. The zero-order valence-electron chi connectivity index (χ0n) is 18.2. The lowest BCUT2D eigenvalue weighted by Crippen LogP contribution is -2.43. The minimum absolute atomic E-state index is 0.106. The summed E-state index contributed by atoms with van der Waals surface area (Å²) in [6, 6.07) is 18.6. The SMILES string of the molecule is COC(=O)[C@H]1[C@H](CO)[C@H]2Cn3c(ccc(-c4ccccc4)c3=O)[C@H]2N1Cc1ccccc1F. The molecule has 0 spiro atoms. The lowest BCUT2D eigenvalue weighted by atomic mass is 9.88. The zero-order chi connectivity index (χ0) is 23.1. The second kappa shape index (κ2) is 8.57. The van der Waals surface area contributed by atoms with Crippen molar-refractivity contribution >= 4 is 5.97 Å². The number of rotatable bonds is 5. The average molecular weight is 448 g/mol. The summed E-state index contributed by atoms with van der Waals surface area (Å²) in [7, 11) is 1.32. The quantitative estimate of drug-likeness (QED) is 0.608. The standard InChI is InChI=1S/C26H25FN2O4/c1-33-26(32)24-20(15-30)19-14-28-22(12-11-18(25(28)31)16-7-3-2-4-8-16)23(19)29(24)13-17-9-5-6-10-21(17)27/h2-12,19-20,23-24,30H,13-15H2,1H3/t19-,20-,23+,24-/m1/s1. The molecule has 2 aliphatic rings. The number of fused-ring (bicyclic) bond motifs is 3. The zero-order valence-corrected chi connectivity index (χ0v) is 18.2. The normalized spacial score (nSPS) is 23.8. The van der Waals surface area contributed by atoms with Gasteiger partial charge in [-0.05, 0) is 23.8 Å². The van der Waals surface area contributed by atoms with Crippen molar-refractivity contribution in [1.82, 2.24) is 9.47 Å². The van der Waals surface area contributed by atoms with E-state index in [1.165, 1.54) is 13.2 Å². The first-order chi connectivity index (χ1) is 16.0. The number of methoxy groups -OCH3 is 1. The largest absolute Gasteiger partial charge is 0.468 e. The molecule has 6 nitrogen and oxygen atoms in total. The highest BCUT2D eigenvalue weighted by molar-refractivity contribution is 5.77. The third kappa shape index (κ3) is 3.48. The second-order valence-corrected chi connectivity index (χ2v) is 8.64. The molecule has 5 rings (SSSR count). The van der Waals surface area contributed by atoms with Crippen molar-refractivity contribution < 1.29 is 19.0 Å². The van der Waals surface area contributed by atoms with Crippen molar-refractivity contribution in [2.75, 3.05) is 13.7 Å². The first-order valence-corrected chi connectivity index (χ1v) is 11.0. The maximum atomic E-state index is 14.5. The number of nitrogens with zero attached hydrogens (tertiary/aromatic N) is 2. The van der Waals surface area contributed by atoms with E-state index >= 15 is 0 Å². The fourth-order valence-corrected chi connectivity index (χ4v) is 5.53. The van der Waals surface area contributed by atoms with Crippen molar-refractivity contribution in [2.45, 2.75) is 25.2 Å². The molecule has 33 heavy (non-hydrogen) atoms. The molecule has 2 aliphatic heterocycles. The lowest BCUT2D eigenvalue weighted by molar-refractivity contribution is -0.148. The van der Waals surface area contributed by atoms with Crippen molar-refractivity contribution in [3.05, 3.63) is 94.2 Å². The van der Waals surface area contributed by atoms with E-state index in [2.05, 4.69) is 0 Å². The van der Waals surface area contributed by atoms with E-state index in [-0.39, 0.29) is 36.5 Å². The third-order valence-electron chi connectivity index (χ3n) is 7.03. The number of ether oxygens (including phenoxy) is 1. The van der Waals surface area contributed by atoms with Gasteiger partial charge in [0.2, 0.25) is 0 Å². The lowest BCUT2D eigenvalue weighted by Gasteiger charge is -2.30. The van der Waals surface area contributed by atoms with Gasteiger partial charge in [-0.1, -0.05) is 48.5 Å². The first kappa shape index (κ1) is 21.6. The Labute approximate surface area is 190 Å². The minimum atomic E-state index is -0.729. The Morgan fingerprint density at radius 1 is 1.09 bits per heavy atom. The van der Waals surface area contributed by atoms with Gasteiger partial charge < -0.3 is 14.4 Å². The Morgan fingerprint density at radius 2 is 1.82 bits per heavy atom. The number of halogens is 1. The molecular weight excluding hydrogens is 423 g/mol. The van der Waals surface area contributed by atoms with Gasteiger partial charge in [-0.25, -0.2) is 4.39 Å². The van der Waals surface area contributed by atoms with Gasteiger partial charge in [-0.2, -0.15) is 0 Å². The molecule has 0 saturated carbocycles. The molecule has 0 bridgehead atoms. The Kier molecular flexibility index (Phi) is 5.60. The van der Waals surface area contributed by atoms with Crippen LogP contribution in [-0.2, 0) is 22.6 Å². The number of pyridine rings is 1. The summed E-state index contributed by atoms with van der Waals surface area (Å²) in [6.07, 6.45) is 0. The molecule has 1 fully saturated rings. The van der Waals surface area contributed by atoms with E-state index in [9.17, 15) is 19.1 Å². The Morgan fingerprint density at radius 3 is 2.52 bits per heavy atom. The molecule has 2 aromatic carbocycles. The molecule has 0 radical (unpaired) electrons. The topological polar surface area (TPSA) is 71.8 Å². The predicted octanol–water partition coefficient (Wildman–Crippen LogP) is 2.99. The predicted molar refractivity (Wildman–Crippen MR) is 121 cm³/mol. The monoisotopic (exact) mass is 448 g/mol. The third-order valence-corrected chi connectivity index (χ3v) is 7.03. The summed E-state index contributed by atoms with van der Waals surface area (Å²) in [5.41, 5.74) is 2.55. The highest BCUT2D eigenvalue weighted by Crippen LogP contribution is 2.50. The number of hydrogen-bond acceptors (Lipinski definition) is 5. The molecule has 7 heteroatoms. The molecule has 0 aliphatic carbocycles. The van der Waals surface area contributed by atoms with Gasteiger partial charge in [0.25, 0.3) is 5.56 Å². The van der Waals surface area contributed by atoms with Crippen LogP contribution < -0.4 is 5.56 Å². The molecule has 1 aromatic heterocycles. The summed E-state index contributed by atoms with van der Waals surface area (Å²) in [4.78, 5) is 28.1. The van der Waals surface area contributed by atoms with E-state index in [1.807, 2.05) is 47.4 Å². The van der Waals surface area contributed by atoms with Crippen LogP contribution in [0.3, 0.4) is 0 Å². The fourth-order valence-electron chi connectivity index (χ4n) is 5.53. The van der Waals surface area contributed by atoms with Crippen LogP contribution in [0.2, 0.25) is 0 Å². The van der Waals surface area contributed by atoms with Crippen LogP contribution in [0, 0.1) is 17.7 Å². The molecular formula is C26H25FN2O4. The van der Waals surface area contributed by atoms with Crippen LogP contribution in [0.5, 0.6) is 0 Å². The summed E-state index contributed by atoms with van der Waals surface area (Å²) in [6.45, 7) is 0.313. The van der Waals surface area contributed by atoms with Crippen LogP contribution in [0.4, 0.5) is 4.39 Å². The van der Waals surface area contributed by atoms with Crippen molar-refractivity contribution in [3.8, 4) is 11.1 Å². The molecule has 0 amide bonds. The Balaban J connectivity index is 1.61. The van der Waals surface area contributed by atoms with Gasteiger partial charge in [-0.3, -0.25) is 14.5 Å². The van der Waals surface area contributed by atoms with Gasteiger partial charge in [0, 0.05) is 48.4 Å². The number of esters is 1. The van der Waals surface area contributed by atoms with Crippen LogP contribution in [0.1, 0.15) is 17.3 Å². The van der Waals surface area contributed by atoms with Gasteiger partial charge in [0.15, 0.2) is 0 Å². The Hall–Kier alpha value is -3.29. The molecule has 3 aromatic rings. The number of likely N-dealkylation sites (tertiary alicyclic amines) is 1. The number of hydrogen-bond donors (Lipinski definition) is 1. The molecule has 3 heterocycles. The number of aliphatic hydroxyl groups is 1. The van der Waals surface area contributed by atoms with Crippen LogP contribution in [0.25, 0.3) is 11.1 Å². The Bertz CT molecular complexity index is 1240. The summed E-state index contributed by atoms with van der Waals surface area (Å²) < 4.78 is 21.3. The number of benzene rings is 2. The number of aliphatic hydroxyl groups excluding tert-OH is 1. The van der Waals surface area contributed by atoms with Crippen molar-refractivity contribution in [1.29, 1.82) is 0 Å². The molecule has 4 atom stereocenters. The molecule has 0 unspecified atom stereocenters. The maximum Gasteiger partial charge on any atom is 0.323 e. The molecule has 1 saturated heterocycles. The average Bonchev–Trinajstić information content (AvgIpc) is 3.36. The van der Waals surface area contributed by atoms with E-state index in [0.29, 0.717) is 17.7 Å². The second-order valence-electron chi connectivity index (χ2n) is 8.64.